The second kappa shape index (κ2) is 8.93. The van der Waals surface area contributed by atoms with Crippen molar-refractivity contribution >= 4 is 11.7 Å². The van der Waals surface area contributed by atoms with Crippen LogP contribution in [-0.2, 0) is 13.0 Å². The molecule has 1 amide bonds. The van der Waals surface area contributed by atoms with Crippen LogP contribution in [0, 0.1) is 0 Å². The quantitative estimate of drug-likeness (QED) is 0.786. The molecule has 0 spiro atoms. The molecule has 31 heavy (non-hydrogen) atoms. The van der Waals surface area contributed by atoms with Gasteiger partial charge in [-0.3, -0.25) is 19.3 Å². The fourth-order valence-corrected chi connectivity index (χ4v) is 4.26. The molecular formula is C23H27N3O5. The van der Waals surface area contributed by atoms with Crippen molar-refractivity contribution in [3.8, 4) is 11.5 Å². The number of carbonyl (C=O) groups excluding carboxylic acids is 2. The largest absolute Gasteiger partial charge is 0.497 e. The van der Waals surface area contributed by atoms with Crippen LogP contribution in [0.4, 0.5) is 0 Å². The van der Waals surface area contributed by atoms with Gasteiger partial charge in [-0.05, 0) is 37.1 Å². The predicted octanol–water partition coefficient (Wildman–Crippen LogP) is 1.87. The molecule has 0 radical (unpaired) electrons. The molecule has 2 aliphatic rings. The van der Waals surface area contributed by atoms with Crippen molar-refractivity contribution in [2.24, 2.45) is 0 Å². The van der Waals surface area contributed by atoms with Gasteiger partial charge in [0.2, 0.25) is 0 Å². The lowest BCUT2D eigenvalue weighted by Crippen LogP contribution is -2.49. The SMILES string of the molecule is COc1ccc(OC)c(CN2CCN(C(=O)c3cc4c([nH]c3=O)CCCC4=O)CC2)c1. The molecular weight excluding hydrogens is 398 g/mol. The van der Waals surface area contributed by atoms with Crippen LogP contribution in [0.15, 0.2) is 29.1 Å². The topological polar surface area (TPSA) is 91.9 Å². The molecule has 164 valence electrons. The van der Waals surface area contributed by atoms with Gasteiger partial charge in [0.1, 0.15) is 17.1 Å². The molecule has 1 aliphatic carbocycles. The summed E-state index contributed by atoms with van der Waals surface area (Å²) < 4.78 is 10.8. The fourth-order valence-electron chi connectivity index (χ4n) is 4.26. The molecule has 4 rings (SSSR count). The van der Waals surface area contributed by atoms with Gasteiger partial charge < -0.3 is 19.4 Å². The fraction of sp³-hybridized carbons (Fsp3) is 0.435. The number of fused-ring (bicyclic) bond motifs is 1. The number of carbonyl (C=O) groups is 2. The summed E-state index contributed by atoms with van der Waals surface area (Å²) in [6.07, 6.45) is 1.85. The van der Waals surface area contributed by atoms with Gasteiger partial charge in [0.25, 0.3) is 11.5 Å². The van der Waals surface area contributed by atoms with E-state index in [1.165, 1.54) is 6.07 Å². The van der Waals surface area contributed by atoms with Crippen molar-refractivity contribution < 1.29 is 19.1 Å². The first-order valence-electron chi connectivity index (χ1n) is 10.5. The molecule has 1 aromatic carbocycles. The number of hydrogen-bond acceptors (Lipinski definition) is 6. The van der Waals surface area contributed by atoms with Gasteiger partial charge in [0.15, 0.2) is 5.78 Å². The highest BCUT2D eigenvalue weighted by Crippen LogP contribution is 2.26. The Labute approximate surface area is 180 Å². The Morgan fingerprint density at radius 1 is 1.03 bits per heavy atom. The van der Waals surface area contributed by atoms with Gasteiger partial charge in [0.05, 0.1) is 14.2 Å². The number of piperazine rings is 1. The van der Waals surface area contributed by atoms with Crippen LogP contribution in [-0.4, -0.2) is 66.9 Å². The van der Waals surface area contributed by atoms with Crippen molar-refractivity contribution in [1.29, 1.82) is 0 Å². The van der Waals surface area contributed by atoms with Crippen LogP contribution in [0.25, 0.3) is 0 Å². The number of benzene rings is 1. The zero-order valence-corrected chi connectivity index (χ0v) is 17.9. The van der Waals surface area contributed by atoms with E-state index in [1.54, 1.807) is 19.1 Å². The number of aryl methyl sites for hydroxylation is 1. The van der Waals surface area contributed by atoms with Crippen molar-refractivity contribution in [3.63, 3.8) is 0 Å². The van der Waals surface area contributed by atoms with Crippen LogP contribution < -0.4 is 15.0 Å². The molecule has 0 unspecified atom stereocenters. The van der Waals surface area contributed by atoms with Crippen LogP contribution in [0.2, 0.25) is 0 Å². The van der Waals surface area contributed by atoms with Gasteiger partial charge in [-0.2, -0.15) is 0 Å². The predicted molar refractivity (Wildman–Crippen MR) is 115 cm³/mol. The molecule has 0 atom stereocenters. The standard InChI is InChI=1S/C23H27N3O5/c1-30-16-6-7-21(31-2)15(12-16)14-25-8-10-26(11-9-25)23(29)18-13-17-19(24-22(18)28)4-3-5-20(17)27/h6-7,12-13H,3-5,8-11,14H2,1-2H3,(H,24,28). The number of H-pyrrole nitrogens is 1. The van der Waals surface area contributed by atoms with Gasteiger partial charge in [0, 0.05) is 56.0 Å². The van der Waals surface area contributed by atoms with E-state index in [4.69, 9.17) is 9.47 Å². The second-order valence-electron chi connectivity index (χ2n) is 7.93. The number of ketones is 1. The molecule has 0 saturated carbocycles. The number of ether oxygens (including phenoxy) is 2. The molecule has 1 N–H and O–H groups in total. The zero-order chi connectivity index (χ0) is 22.0. The van der Waals surface area contributed by atoms with Crippen molar-refractivity contribution in [1.82, 2.24) is 14.8 Å². The lowest BCUT2D eigenvalue weighted by molar-refractivity contribution is 0.0625. The number of nitrogens with zero attached hydrogens (tertiary/aromatic N) is 2. The Bertz CT molecular complexity index is 1050. The highest BCUT2D eigenvalue weighted by Gasteiger charge is 2.27. The van der Waals surface area contributed by atoms with E-state index in [-0.39, 0.29) is 17.3 Å². The Morgan fingerprint density at radius 2 is 1.81 bits per heavy atom. The monoisotopic (exact) mass is 425 g/mol. The number of amides is 1. The number of rotatable bonds is 5. The lowest BCUT2D eigenvalue weighted by Gasteiger charge is -2.35. The number of pyridine rings is 1. The zero-order valence-electron chi connectivity index (χ0n) is 17.9. The van der Waals surface area contributed by atoms with Crippen molar-refractivity contribution in [3.05, 3.63) is 57.0 Å². The van der Waals surface area contributed by atoms with Crippen LogP contribution in [0.3, 0.4) is 0 Å². The molecule has 1 aliphatic heterocycles. The van der Waals surface area contributed by atoms with E-state index in [2.05, 4.69) is 9.88 Å². The Kier molecular flexibility index (Phi) is 6.08. The molecule has 0 bridgehead atoms. The van der Waals surface area contributed by atoms with Gasteiger partial charge in [-0.15, -0.1) is 0 Å². The Balaban J connectivity index is 1.44. The third kappa shape index (κ3) is 4.34. The average molecular weight is 425 g/mol. The van der Waals surface area contributed by atoms with E-state index in [0.717, 1.165) is 23.5 Å². The van der Waals surface area contributed by atoms with E-state index in [1.807, 2.05) is 18.2 Å². The third-order valence-corrected chi connectivity index (χ3v) is 6.03. The van der Waals surface area contributed by atoms with E-state index in [9.17, 15) is 14.4 Å². The molecule has 1 aromatic heterocycles. The number of nitrogens with one attached hydrogen (secondary N) is 1. The molecule has 8 nitrogen and oxygen atoms in total. The Hall–Kier alpha value is -3.13. The normalized spacial score (nSPS) is 16.7. The summed E-state index contributed by atoms with van der Waals surface area (Å²) >= 11 is 0. The maximum Gasteiger partial charge on any atom is 0.261 e. The lowest BCUT2D eigenvalue weighted by atomic mass is 9.93. The van der Waals surface area contributed by atoms with Crippen molar-refractivity contribution in [2.75, 3.05) is 40.4 Å². The summed E-state index contributed by atoms with van der Waals surface area (Å²) in [5, 5.41) is 0. The minimum atomic E-state index is -0.415. The van der Waals surface area contributed by atoms with Crippen LogP contribution >= 0.6 is 0 Å². The Morgan fingerprint density at radius 3 is 2.52 bits per heavy atom. The molecule has 2 aromatic rings. The average Bonchev–Trinajstić information content (AvgIpc) is 2.79. The highest BCUT2D eigenvalue weighted by atomic mass is 16.5. The molecule has 8 heteroatoms. The van der Waals surface area contributed by atoms with Crippen molar-refractivity contribution in [2.45, 2.75) is 25.8 Å². The minimum absolute atomic E-state index is 0.0106. The summed E-state index contributed by atoms with van der Waals surface area (Å²) in [6.45, 7) is 3.04. The van der Waals surface area contributed by atoms with E-state index < -0.39 is 5.56 Å². The van der Waals surface area contributed by atoms with Crippen LogP contribution in [0.5, 0.6) is 11.5 Å². The highest BCUT2D eigenvalue weighted by molar-refractivity contribution is 6.01. The minimum Gasteiger partial charge on any atom is -0.497 e. The summed E-state index contributed by atoms with van der Waals surface area (Å²) in [7, 11) is 3.27. The first-order valence-corrected chi connectivity index (χ1v) is 10.5. The number of Topliss-reactive ketones (excluding diaryl/α,β-unsaturated/α-hetero) is 1. The molecule has 1 fully saturated rings. The second-order valence-corrected chi connectivity index (χ2v) is 7.93. The summed E-state index contributed by atoms with van der Waals surface area (Å²) in [4.78, 5) is 44.3. The van der Waals surface area contributed by atoms with E-state index in [0.29, 0.717) is 56.8 Å². The molecule has 1 saturated heterocycles. The van der Waals surface area contributed by atoms with Crippen LogP contribution in [0.1, 0.15) is 44.8 Å². The van der Waals surface area contributed by atoms with Gasteiger partial charge in [-0.1, -0.05) is 0 Å². The maximum atomic E-state index is 13.0. The molecule has 2 heterocycles. The summed E-state index contributed by atoms with van der Waals surface area (Å²) in [5.41, 5.74) is 1.79. The first-order chi connectivity index (χ1) is 15.0. The number of hydrogen-bond donors (Lipinski definition) is 1. The number of aromatic amines is 1. The summed E-state index contributed by atoms with van der Waals surface area (Å²) in [5.74, 6) is 1.24. The maximum absolute atomic E-state index is 13.0. The van der Waals surface area contributed by atoms with Gasteiger partial charge >= 0.3 is 0 Å². The smallest absolute Gasteiger partial charge is 0.261 e. The third-order valence-electron chi connectivity index (χ3n) is 6.03. The van der Waals surface area contributed by atoms with E-state index >= 15 is 0 Å². The number of aromatic nitrogens is 1. The summed E-state index contributed by atoms with van der Waals surface area (Å²) in [6, 6.07) is 7.20. The van der Waals surface area contributed by atoms with Gasteiger partial charge in [-0.25, -0.2) is 0 Å². The number of methoxy groups -OCH3 is 2. The first kappa shape index (κ1) is 21.1.